The Morgan fingerprint density at radius 1 is 0.951 bits per heavy atom. The number of benzene rings is 2. The number of hydrogen-bond acceptors (Lipinski definition) is 6. The van der Waals surface area contributed by atoms with Gasteiger partial charge < -0.3 is 10.2 Å². The van der Waals surface area contributed by atoms with E-state index in [0.29, 0.717) is 23.1 Å². The van der Waals surface area contributed by atoms with Crippen molar-refractivity contribution in [2.75, 3.05) is 12.0 Å². The predicted molar refractivity (Wildman–Crippen MR) is 155 cm³/mol. The minimum atomic E-state index is -1.87. The second-order valence-electron chi connectivity index (χ2n) is 11.3. The molecule has 2 aliphatic carbocycles. The number of carbonyl (C=O) groups excluding carboxylic acids is 4. The van der Waals surface area contributed by atoms with Gasteiger partial charge in [-0.25, -0.2) is 0 Å². The van der Waals surface area contributed by atoms with Crippen LogP contribution in [-0.2, 0) is 25.6 Å². The maximum atomic E-state index is 13.9. The molecule has 0 aromatic heterocycles. The van der Waals surface area contributed by atoms with E-state index in [0.717, 1.165) is 10.5 Å². The average Bonchev–Trinajstić information content (AvgIpc) is 3.27. The van der Waals surface area contributed by atoms with Crippen LogP contribution in [0.25, 0.3) is 0 Å². The molecule has 6 rings (SSSR count). The van der Waals surface area contributed by atoms with E-state index in [-0.39, 0.29) is 48.2 Å². The number of carbonyl (C=O) groups is 4. The van der Waals surface area contributed by atoms with Crippen molar-refractivity contribution in [2.24, 2.45) is 17.8 Å². The number of phenols is 2. The van der Waals surface area contributed by atoms with Gasteiger partial charge in [-0.05, 0) is 67.0 Å². The normalized spacial score (nSPS) is 32.6. The van der Waals surface area contributed by atoms with Crippen LogP contribution < -0.4 is 0 Å². The fraction of sp³-hybridized carbons (Fsp3) is 0.400. The first-order valence-electron chi connectivity index (χ1n) is 13.4. The maximum absolute atomic E-state index is 13.9. The van der Waals surface area contributed by atoms with Gasteiger partial charge in [0.2, 0.25) is 11.8 Å². The third-order valence-corrected chi connectivity index (χ3v) is 11.1. The lowest BCUT2D eigenvalue weighted by molar-refractivity contribution is -0.141. The molecule has 2 aliphatic heterocycles. The summed E-state index contributed by atoms with van der Waals surface area (Å²) in [6.07, 6.45) is 2.53. The van der Waals surface area contributed by atoms with Crippen LogP contribution in [0.15, 0.2) is 54.1 Å². The Kier molecular flexibility index (Phi) is 6.79. The Labute approximate surface area is 255 Å². The van der Waals surface area contributed by atoms with Crippen molar-refractivity contribution in [1.82, 2.24) is 9.80 Å². The number of hydrogen-bond donors (Lipinski definition) is 2. The molecule has 2 aromatic carbocycles. The number of alkyl halides is 3. The molecule has 0 radical (unpaired) electrons. The highest BCUT2D eigenvalue weighted by Gasteiger charge is 2.76. The molecule has 8 nitrogen and oxygen atoms in total. The van der Waals surface area contributed by atoms with Gasteiger partial charge in [-0.3, -0.25) is 29.0 Å². The summed E-state index contributed by atoms with van der Waals surface area (Å²) >= 11 is 17.6. The third-order valence-electron chi connectivity index (χ3n) is 9.22. The lowest BCUT2D eigenvalue weighted by Crippen LogP contribution is -2.60. The van der Waals surface area contributed by atoms with E-state index in [1.165, 1.54) is 11.0 Å². The highest BCUT2D eigenvalue weighted by molar-refractivity contribution is 9.09. The van der Waals surface area contributed by atoms with Gasteiger partial charge in [0.1, 0.15) is 11.5 Å². The first-order valence-corrected chi connectivity index (χ1v) is 15.2. The molecule has 1 saturated carbocycles. The molecule has 4 amide bonds. The molecular weight excluding hydrogens is 635 g/mol. The third kappa shape index (κ3) is 3.92. The van der Waals surface area contributed by atoms with Crippen LogP contribution in [0.2, 0.25) is 0 Å². The van der Waals surface area contributed by atoms with E-state index in [1.807, 2.05) is 6.08 Å². The van der Waals surface area contributed by atoms with E-state index in [4.69, 9.17) is 23.2 Å². The number of amides is 4. The van der Waals surface area contributed by atoms with E-state index in [2.05, 4.69) is 15.9 Å². The molecule has 214 valence electrons. The number of fused-ring (bicyclic) bond motifs is 4. The van der Waals surface area contributed by atoms with E-state index < -0.39 is 45.2 Å². The van der Waals surface area contributed by atoms with Gasteiger partial charge in [0.05, 0.1) is 17.3 Å². The summed E-state index contributed by atoms with van der Waals surface area (Å²) in [6.45, 7) is 1.90. The molecule has 6 atom stereocenters. The zero-order chi connectivity index (χ0) is 29.4. The number of rotatable bonds is 5. The minimum absolute atomic E-state index is 0.0660. The summed E-state index contributed by atoms with van der Waals surface area (Å²) < 4.78 is 0. The Balaban J connectivity index is 1.41. The van der Waals surface area contributed by atoms with E-state index in [1.54, 1.807) is 43.3 Å². The fourth-order valence-electron chi connectivity index (χ4n) is 7.17. The number of nitrogens with zero attached hydrogens (tertiary/aromatic N) is 2. The topological polar surface area (TPSA) is 115 Å². The summed E-state index contributed by atoms with van der Waals surface area (Å²) in [5.74, 6) is -4.49. The van der Waals surface area contributed by atoms with Crippen LogP contribution in [0.1, 0.15) is 35.4 Å². The molecule has 3 fully saturated rings. The van der Waals surface area contributed by atoms with Crippen molar-refractivity contribution in [3.8, 4) is 11.5 Å². The summed E-state index contributed by atoms with van der Waals surface area (Å²) in [4.78, 5) is 53.5. The Hall–Kier alpha value is -2.88. The summed E-state index contributed by atoms with van der Waals surface area (Å²) in [5, 5.41) is 19.8. The van der Waals surface area contributed by atoms with Crippen LogP contribution in [0.4, 0.5) is 0 Å². The molecule has 2 N–H and O–H groups in total. The van der Waals surface area contributed by atoms with E-state index in [9.17, 15) is 29.4 Å². The first kappa shape index (κ1) is 28.2. The molecule has 0 spiro atoms. The van der Waals surface area contributed by atoms with Gasteiger partial charge in [-0.2, -0.15) is 0 Å². The number of aryl methyl sites for hydroxylation is 1. The monoisotopic (exact) mass is 660 g/mol. The van der Waals surface area contributed by atoms with Crippen molar-refractivity contribution in [3.63, 3.8) is 0 Å². The highest BCUT2D eigenvalue weighted by atomic mass is 79.9. The second kappa shape index (κ2) is 9.85. The van der Waals surface area contributed by atoms with Gasteiger partial charge in [0, 0.05) is 12.5 Å². The van der Waals surface area contributed by atoms with Gasteiger partial charge in [-0.15, -0.1) is 23.2 Å². The SMILES string of the molecule is Cc1cc([C@H]2C3=CC[C@@H]4C(=O)N(CCc5ccc(O)cc5)C(=O)[C@@H]4[C@@H]3C[C@@]3(Cl)C(=O)N(CBr)C(=O)[C@@]23Cl)ccc1O. The molecular formula is C30H27BrCl2N2O6. The van der Waals surface area contributed by atoms with Crippen LogP contribution in [0.3, 0.4) is 0 Å². The van der Waals surface area contributed by atoms with Crippen molar-refractivity contribution < 1.29 is 29.4 Å². The van der Waals surface area contributed by atoms with Gasteiger partial charge >= 0.3 is 0 Å². The standard InChI is InChI=1S/C30H27BrCl2N2O6/c1-15-12-17(4-9-22(15)37)24-19-7-8-20-23(21(19)13-29(32)27(40)35(14-31)28(41)30(24,29)33)26(39)34(25(20)38)11-10-16-2-5-18(36)6-3-16/h2-7,9,12,20-21,23-24,36-37H,8,10-11,13-14H2,1H3/t20-,21+,23-,24-,29+,30-/m0/s1. The Bertz CT molecular complexity index is 1530. The Morgan fingerprint density at radius 2 is 1.66 bits per heavy atom. The van der Waals surface area contributed by atoms with Crippen LogP contribution in [-0.4, -0.2) is 65.4 Å². The van der Waals surface area contributed by atoms with Crippen molar-refractivity contribution in [3.05, 3.63) is 70.8 Å². The van der Waals surface area contributed by atoms with Gasteiger partial charge in [-0.1, -0.05) is 51.8 Å². The zero-order valence-electron chi connectivity index (χ0n) is 22.0. The summed E-state index contributed by atoms with van der Waals surface area (Å²) in [6, 6.07) is 11.5. The number of phenolic OH excluding ortho intramolecular Hbond substituents is 2. The molecule has 0 unspecified atom stereocenters. The molecule has 2 aromatic rings. The zero-order valence-corrected chi connectivity index (χ0v) is 25.1. The molecule has 11 heteroatoms. The molecule has 2 heterocycles. The number of allylic oxidation sites excluding steroid dienone is 2. The van der Waals surface area contributed by atoms with Gasteiger partial charge in [0.15, 0.2) is 9.75 Å². The van der Waals surface area contributed by atoms with Gasteiger partial charge in [0.25, 0.3) is 11.8 Å². The maximum Gasteiger partial charge on any atom is 0.254 e. The molecule has 2 saturated heterocycles. The number of aromatic hydroxyl groups is 2. The Morgan fingerprint density at radius 3 is 2.32 bits per heavy atom. The second-order valence-corrected chi connectivity index (χ2v) is 13.0. The molecule has 41 heavy (non-hydrogen) atoms. The van der Waals surface area contributed by atoms with Crippen LogP contribution in [0, 0.1) is 24.7 Å². The smallest absolute Gasteiger partial charge is 0.254 e. The number of halogens is 3. The van der Waals surface area contributed by atoms with Crippen LogP contribution in [0.5, 0.6) is 11.5 Å². The quantitative estimate of drug-likeness (QED) is 0.213. The van der Waals surface area contributed by atoms with E-state index >= 15 is 0 Å². The lowest BCUT2D eigenvalue weighted by atomic mass is 9.56. The highest BCUT2D eigenvalue weighted by Crippen LogP contribution is 2.65. The predicted octanol–water partition coefficient (Wildman–Crippen LogP) is 4.36. The molecule has 0 bridgehead atoms. The lowest BCUT2D eigenvalue weighted by Gasteiger charge is -2.50. The number of likely N-dealkylation sites (tertiary alicyclic amines) is 2. The minimum Gasteiger partial charge on any atom is -0.508 e. The average molecular weight is 662 g/mol. The molecule has 4 aliphatic rings. The summed E-state index contributed by atoms with van der Waals surface area (Å²) in [7, 11) is 0. The van der Waals surface area contributed by atoms with Crippen molar-refractivity contribution in [2.45, 2.75) is 41.9 Å². The number of imide groups is 2. The van der Waals surface area contributed by atoms with Crippen LogP contribution >= 0.6 is 39.1 Å². The largest absolute Gasteiger partial charge is 0.508 e. The van der Waals surface area contributed by atoms with Crippen molar-refractivity contribution >= 4 is 62.8 Å². The van der Waals surface area contributed by atoms with Crippen molar-refractivity contribution in [1.29, 1.82) is 0 Å². The first-order chi connectivity index (χ1) is 19.4. The fourth-order valence-corrected chi connectivity index (χ4v) is 8.60. The summed E-state index contributed by atoms with van der Waals surface area (Å²) in [5.41, 5.74) is 2.64.